The van der Waals surface area contributed by atoms with Gasteiger partial charge in [0.1, 0.15) is 11.2 Å². The highest BCUT2D eigenvalue weighted by molar-refractivity contribution is 7.25. The monoisotopic (exact) mass is 746 g/mol. The SMILES string of the molecule is c1ccc(-c2cccc(-c3nc(-c4ccc5c(c4)oc4cc6c7ccccc7n(-c7ccccc7)c6cc45)nc(-c4cccc5sc6ccccc6c45)n3)c2)cc1. The molecule has 0 aliphatic heterocycles. The summed E-state index contributed by atoms with van der Waals surface area (Å²) < 4.78 is 11.5. The van der Waals surface area contributed by atoms with Crippen LogP contribution in [0, 0.1) is 0 Å². The Hall–Kier alpha value is -7.41. The summed E-state index contributed by atoms with van der Waals surface area (Å²) in [5.74, 6) is 1.84. The summed E-state index contributed by atoms with van der Waals surface area (Å²) in [4.78, 5) is 15.6. The zero-order valence-corrected chi connectivity index (χ0v) is 31.2. The van der Waals surface area contributed by atoms with Gasteiger partial charge in [-0.1, -0.05) is 121 Å². The van der Waals surface area contributed by atoms with Crippen LogP contribution in [0.15, 0.2) is 186 Å². The van der Waals surface area contributed by atoms with Crippen LogP contribution < -0.4 is 0 Å². The van der Waals surface area contributed by atoms with Gasteiger partial charge < -0.3 is 8.98 Å². The molecule has 0 aliphatic rings. The van der Waals surface area contributed by atoms with Gasteiger partial charge in [0, 0.05) is 64.1 Å². The lowest BCUT2D eigenvalue weighted by Crippen LogP contribution is -2.00. The number of benzene rings is 8. The Morgan fingerprint density at radius 2 is 1.04 bits per heavy atom. The lowest BCUT2D eigenvalue weighted by atomic mass is 10.0. The second kappa shape index (κ2) is 12.6. The van der Waals surface area contributed by atoms with Gasteiger partial charge in [-0.05, 0) is 71.8 Å². The fourth-order valence-electron chi connectivity index (χ4n) is 8.42. The Morgan fingerprint density at radius 1 is 0.386 bits per heavy atom. The summed E-state index contributed by atoms with van der Waals surface area (Å²) in [6.07, 6.45) is 0. The third-order valence-corrected chi connectivity index (χ3v) is 12.2. The Kier molecular flexibility index (Phi) is 7.03. The molecule has 12 aromatic rings. The van der Waals surface area contributed by atoms with Crippen LogP contribution in [0.2, 0.25) is 0 Å². The molecule has 0 amide bonds. The van der Waals surface area contributed by atoms with E-state index in [-0.39, 0.29) is 0 Å². The number of thiophene rings is 1. The summed E-state index contributed by atoms with van der Waals surface area (Å²) in [5, 5.41) is 6.81. The third-order valence-electron chi connectivity index (χ3n) is 11.0. The van der Waals surface area contributed by atoms with Crippen LogP contribution in [-0.4, -0.2) is 19.5 Å². The predicted octanol–water partition coefficient (Wildman–Crippen LogP) is 13.9. The Labute approximate surface area is 330 Å². The Morgan fingerprint density at radius 3 is 1.89 bits per heavy atom. The zero-order valence-electron chi connectivity index (χ0n) is 30.4. The van der Waals surface area contributed by atoms with E-state index >= 15 is 0 Å². The van der Waals surface area contributed by atoms with Crippen molar-refractivity contribution in [2.75, 3.05) is 0 Å². The van der Waals surface area contributed by atoms with Crippen molar-refractivity contribution in [3.05, 3.63) is 182 Å². The molecule has 8 aromatic carbocycles. The summed E-state index contributed by atoms with van der Waals surface area (Å²) in [6, 6.07) is 63.7. The molecule has 266 valence electrons. The molecule has 0 unspecified atom stereocenters. The van der Waals surface area contributed by atoms with E-state index < -0.39 is 0 Å². The molecule has 57 heavy (non-hydrogen) atoms. The molecule has 4 aromatic heterocycles. The number of furan rings is 1. The average Bonchev–Trinajstić information content (AvgIpc) is 3.95. The van der Waals surface area contributed by atoms with Gasteiger partial charge in [0.25, 0.3) is 0 Å². The van der Waals surface area contributed by atoms with E-state index in [1.165, 1.54) is 25.7 Å². The van der Waals surface area contributed by atoms with Crippen molar-refractivity contribution in [3.8, 4) is 51.0 Å². The van der Waals surface area contributed by atoms with Crippen molar-refractivity contribution in [2.45, 2.75) is 0 Å². The van der Waals surface area contributed by atoms with Gasteiger partial charge >= 0.3 is 0 Å². The second-order valence-corrected chi connectivity index (χ2v) is 15.5. The molecule has 0 spiro atoms. The fraction of sp³-hybridized carbons (Fsp3) is 0. The molecule has 4 heterocycles. The molecule has 0 fully saturated rings. The van der Waals surface area contributed by atoms with Gasteiger partial charge in [0.2, 0.25) is 0 Å². The standard InChI is InChI=1S/C51H30N4OS/c1-3-13-31(14-4-1)32-15-11-16-33(27-32)49-52-50(54-51(53-49)39-21-12-24-47-48(39)38-20-8-10-23-46(38)57-47)34-25-26-37-41-29-43-40(30-45(41)56-44(37)28-34)36-19-7-9-22-42(36)55(43)35-17-5-2-6-18-35/h1-30H. The molecule has 0 saturated heterocycles. The molecule has 6 heteroatoms. The summed E-state index contributed by atoms with van der Waals surface area (Å²) in [6.45, 7) is 0. The molecular formula is C51H30N4OS. The number of rotatable bonds is 5. The number of para-hydroxylation sites is 2. The highest BCUT2D eigenvalue weighted by atomic mass is 32.1. The van der Waals surface area contributed by atoms with Crippen molar-refractivity contribution in [1.29, 1.82) is 0 Å². The highest BCUT2D eigenvalue weighted by Gasteiger charge is 2.20. The molecule has 0 atom stereocenters. The zero-order chi connectivity index (χ0) is 37.5. The third kappa shape index (κ3) is 5.12. The summed E-state index contributed by atoms with van der Waals surface area (Å²) in [5.41, 5.74) is 10.1. The van der Waals surface area contributed by atoms with Crippen molar-refractivity contribution in [2.24, 2.45) is 0 Å². The van der Waals surface area contributed by atoms with Crippen LogP contribution >= 0.6 is 11.3 Å². The Bertz CT molecular complexity index is 3530. The molecule has 0 aliphatic carbocycles. The van der Waals surface area contributed by atoms with E-state index in [4.69, 9.17) is 19.4 Å². The minimum absolute atomic E-state index is 0.589. The molecule has 0 N–H and O–H groups in total. The van der Waals surface area contributed by atoms with E-state index in [1.807, 2.05) is 6.07 Å². The fourth-order valence-corrected chi connectivity index (χ4v) is 9.55. The van der Waals surface area contributed by atoms with Crippen molar-refractivity contribution < 1.29 is 4.42 Å². The molecular weight excluding hydrogens is 717 g/mol. The topological polar surface area (TPSA) is 56.7 Å². The number of hydrogen-bond acceptors (Lipinski definition) is 5. The maximum absolute atomic E-state index is 6.70. The van der Waals surface area contributed by atoms with Gasteiger partial charge in [0.15, 0.2) is 17.5 Å². The van der Waals surface area contributed by atoms with Crippen LogP contribution in [0.5, 0.6) is 0 Å². The van der Waals surface area contributed by atoms with Crippen LogP contribution in [0.4, 0.5) is 0 Å². The largest absolute Gasteiger partial charge is 0.456 e. The van der Waals surface area contributed by atoms with Gasteiger partial charge in [-0.15, -0.1) is 11.3 Å². The molecule has 0 saturated carbocycles. The van der Waals surface area contributed by atoms with Crippen molar-refractivity contribution in [1.82, 2.24) is 19.5 Å². The average molecular weight is 747 g/mol. The van der Waals surface area contributed by atoms with E-state index in [0.717, 1.165) is 71.7 Å². The first kappa shape index (κ1) is 31.9. The van der Waals surface area contributed by atoms with Crippen LogP contribution in [0.3, 0.4) is 0 Å². The van der Waals surface area contributed by atoms with Crippen LogP contribution in [0.25, 0.3) is 115 Å². The summed E-state index contributed by atoms with van der Waals surface area (Å²) in [7, 11) is 0. The maximum Gasteiger partial charge on any atom is 0.164 e. The van der Waals surface area contributed by atoms with Crippen molar-refractivity contribution >= 4 is 75.3 Å². The number of hydrogen-bond donors (Lipinski definition) is 0. The molecule has 0 radical (unpaired) electrons. The first-order valence-electron chi connectivity index (χ1n) is 19.0. The first-order valence-corrected chi connectivity index (χ1v) is 19.8. The van der Waals surface area contributed by atoms with Crippen molar-refractivity contribution in [3.63, 3.8) is 0 Å². The van der Waals surface area contributed by atoms with Crippen LogP contribution in [0.1, 0.15) is 0 Å². The van der Waals surface area contributed by atoms with Gasteiger partial charge in [-0.2, -0.15) is 0 Å². The normalized spacial score (nSPS) is 11.9. The van der Waals surface area contributed by atoms with Crippen LogP contribution in [-0.2, 0) is 0 Å². The van der Waals surface area contributed by atoms with E-state index in [1.54, 1.807) is 11.3 Å². The van der Waals surface area contributed by atoms with Gasteiger partial charge in [0.05, 0.1) is 11.0 Å². The lowest BCUT2D eigenvalue weighted by molar-refractivity contribution is 0.669. The number of nitrogens with zero attached hydrogens (tertiary/aromatic N) is 4. The van der Waals surface area contributed by atoms with Gasteiger partial charge in [-0.3, -0.25) is 0 Å². The predicted molar refractivity (Wildman–Crippen MR) is 236 cm³/mol. The second-order valence-electron chi connectivity index (χ2n) is 14.4. The smallest absolute Gasteiger partial charge is 0.164 e. The maximum atomic E-state index is 6.70. The minimum atomic E-state index is 0.589. The van der Waals surface area contributed by atoms with Gasteiger partial charge in [-0.25, -0.2) is 15.0 Å². The minimum Gasteiger partial charge on any atom is -0.456 e. The Balaban J connectivity index is 1.06. The van der Waals surface area contributed by atoms with E-state index in [2.05, 4.69) is 180 Å². The highest BCUT2D eigenvalue weighted by Crippen LogP contribution is 2.42. The number of aromatic nitrogens is 4. The number of fused-ring (bicyclic) bond motifs is 9. The van der Waals surface area contributed by atoms with E-state index in [0.29, 0.717) is 17.5 Å². The quantitative estimate of drug-likeness (QED) is 0.176. The lowest BCUT2D eigenvalue weighted by Gasteiger charge is -2.10. The molecule has 12 rings (SSSR count). The molecule has 0 bridgehead atoms. The van der Waals surface area contributed by atoms with E-state index in [9.17, 15) is 0 Å². The molecule has 5 nitrogen and oxygen atoms in total. The summed E-state index contributed by atoms with van der Waals surface area (Å²) >= 11 is 1.79. The first-order chi connectivity index (χ1) is 28.2.